The van der Waals surface area contributed by atoms with E-state index in [-0.39, 0.29) is 0 Å². The first kappa shape index (κ1) is 12.4. The highest BCUT2D eigenvalue weighted by molar-refractivity contribution is 5.91. The van der Waals surface area contributed by atoms with Crippen molar-refractivity contribution >= 4 is 22.3 Å². The molecule has 100 valence electrons. The number of nitrogens with two attached hydrogens (primary N) is 1. The van der Waals surface area contributed by atoms with Crippen molar-refractivity contribution in [3.05, 3.63) is 60.3 Å². The smallest absolute Gasteiger partial charge is 0.159 e. The molecule has 0 unspecified atom stereocenters. The van der Waals surface area contributed by atoms with Gasteiger partial charge in [-0.2, -0.15) is 5.10 Å². The van der Waals surface area contributed by atoms with Crippen molar-refractivity contribution < 1.29 is 0 Å². The maximum atomic E-state index is 5.71. The second-order valence-corrected chi connectivity index (χ2v) is 4.85. The molecule has 0 radical (unpaired) electrons. The molecule has 0 atom stereocenters. The summed E-state index contributed by atoms with van der Waals surface area (Å²) in [6.07, 6.45) is 1.79. The van der Waals surface area contributed by atoms with Crippen molar-refractivity contribution in [1.29, 1.82) is 0 Å². The van der Waals surface area contributed by atoms with Crippen LogP contribution in [0, 0.1) is 0 Å². The van der Waals surface area contributed by atoms with Crippen LogP contribution in [0.3, 0.4) is 0 Å². The summed E-state index contributed by atoms with van der Waals surface area (Å²) in [5.41, 5.74) is 7.68. The molecule has 2 aromatic carbocycles. The Labute approximate surface area is 117 Å². The van der Waals surface area contributed by atoms with Gasteiger partial charge in [0.25, 0.3) is 0 Å². The van der Waals surface area contributed by atoms with Gasteiger partial charge in [-0.3, -0.25) is 0 Å². The highest BCUT2D eigenvalue weighted by Gasteiger charge is 2.08. The lowest BCUT2D eigenvalue weighted by Gasteiger charge is -2.19. The van der Waals surface area contributed by atoms with Crippen molar-refractivity contribution in [3.8, 4) is 0 Å². The number of hydrogen-bond acceptors (Lipinski definition) is 4. The zero-order valence-electron chi connectivity index (χ0n) is 11.3. The molecule has 0 spiro atoms. The van der Waals surface area contributed by atoms with Crippen LogP contribution in [0.2, 0.25) is 0 Å². The molecule has 3 aromatic rings. The topological polar surface area (TPSA) is 55.0 Å². The summed E-state index contributed by atoms with van der Waals surface area (Å²) in [7, 11) is 2.02. The highest BCUT2D eigenvalue weighted by atomic mass is 15.2. The molecule has 0 fully saturated rings. The van der Waals surface area contributed by atoms with E-state index in [0.717, 1.165) is 28.8 Å². The van der Waals surface area contributed by atoms with Crippen LogP contribution in [-0.2, 0) is 6.54 Å². The number of nitrogen functional groups attached to an aromatic ring is 1. The number of nitrogens with zero attached hydrogens (tertiary/aromatic N) is 3. The minimum Gasteiger partial charge on any atom is -0.399 e. The average molecular weight is 264 g/mol. The molecule has 0 bridgehead atoms. The Kier molecular flexibility index (Phi) is 3.21. The van der Waals surface area contributed by atoms with Gasteiger partial charge in [-0.15, -0.1) is 5.10 Å². The summed E-state index contributed by atoms with van der Waals surface area (Å²) < 4.78 is 0. The van der Waals surface area contributed by atoms with Crippen molar-refractivity contribution in [3.63, 3.8) is 0 Å². The first-order chi connectivity index (χ1) is 9.74. The van der Waals surface area contributed by atoms with Crippen LogP contribution >= 0.6 is 0 Å². The van der Waals surface area contributed by atoms with E-state index in [2.05, 4.69) is 21.2 Å². The Morgan fingerprint density at radius 3 is 2.60 bits per heavy atom. The average Bonchev–Trinajstić information content (AvgIpc) is 2.49. The summed E-state index contributed by atoms with van der Waals surface area (Å²) in [4.78, 5) is 2.10. The van der Waals surface area contributed by atoms with Crippen LogP contribution in [0.4, 0.5) is 11.5 Å². The van der Waals surface area contributed by atoms with Gasteiger partial charge < -0.3 is 10.6 Å². The molecule has 20 heavy (non-hydrogen) atoms. The molecule has 1 heterocycles. The number of rotatable bonds is 3. The third-order valence-electron chi connectivity index (χ3n) is 3.31. The van der Waals surface area contributed by atoms with Crippen molar-refractivity contribution in [1.82, 2.24) is 10.2 Å². The van der Waals surface area contributed by atoms with Crippen LogP contribution in [0.1, 0.15) is 5.56 Å². The van der Waals surface area contributed by atoms with E-state index in [1.807, 2.05) is 49.5 Å². The lowest BCUT2D eigenvalue weighted by molar-refractivity contribution is 0.876. The van der Waals surface area contributed by atoms with Crippen molar-refractivity contribution in [2.75, 3.05) is 17.7 Å². The van der Waals surface area contributed by atoms with Gasteiger partial charge in [0.15, 0.2) is 5.82 Å². The first-order valence-electron chi connectivity index (χ1n) is 6.50. The molecule has 0 aliphatic heterocycles. The SMILES string of the molecule is CN(Cc1ccc(N)cc1)c1nncc2ccccc12. The van der Waals surface area contributed by atoms with Crippen LogP contribution < -0.4 is 10.6 Å². The van der Waals surface area contributed by atoms with Gasteiger partial charge in [0, 0.05) is 30.1 Å². The minimum atomic E-state index is 0.767. The van der Waals surface area contributed by atoms with E-state index >= 15 is 0 Å². The Balaban J connectivity index is 1.92. The Hall–Kier alpha value is -2.62. The molecule has 1 aromatic heterocycles. The Morgan fingerprint density at radius 1 is 1.05 bits per heavy atom. The second-order valence-electron chi connectivity index (χ2n) is 4.85. The van der Waals surface area contributed by atoms with E-state index in [9.17, 15) is 0 Å². The van der Waals surface area contributed by atoms with E-state index < -0.39 is 0 Å². The van der Waals surface area contributed by atoms with Crippen LogP contribution in [0.5, 0.6) is 0 Å². The molecule has 0 saturated carbocycles. The fraction of sp³-hybridized carbons (Fsp3) is 0.125. The monoisotopic (exact) mass is 264 g/mol. The summed E-state index contributed by atoms with van der Waals surface area (Å²) >= 11 is 0. The van der Waals surface area contributed by atoms with E-state index in [0.29, 0.717) is 0 Å². The number of aromatic nitrogens is 2. The Bertz CT molecular complexity index is 717. The van der Waals surface area contributed by atoms with Gasteiger partial charge in [0.2, 0.25) is 0 Å². The van der Waals surface area contributed by atoms with E-state index in [1.165, 1.54) is 5.56 Å². The van der Waals surface area contributed by atoms with Gasteiger partial charge in [-0.1, -0.05) is 36.4 Å². The third-order valence-corrected chi connectivity index (χ3v) is 3.31. The molecular weight excluding hydrogens is 248 g/mol. The maximum Gasteiger partial charge on any atom is 0.159 e. The van der Waals surface area contributed by atoms with Gasteiger partial charge in [-0.25, -0.2) is 0 Å². The van der Waals surface area contributed by atoms with Crippen molar-refractivity contribution in [2.24, 2.45) is 0 Å². The van der Waals surface area contributed by atoms with Gasteiger partial charge >= 0.3 is 0 Å². The number of benzene rings is 2. The molecule has 4 nitrogen and oxygen atoms in total. The molecule has 3 rings (SSSR count). The predicted octanol–water partition coefficient (Wildman–Crippen LogP) is 2.85. The lowest BCUT2D eigenvalue weighted by atomic mass is 10.1. The van der Waals surface area contributed by atoms with Crippen LogP contribution in [0.25, 0.3) is 10.8 Å². The molecule has 0 saturated heterocycles. The van der Waals surface area contributed by atoms with Gasteiger partial charge in [-0.05, 0) is 17.7 Å². The number of anilines is 2. The number of fused-ring (bicyclic) bond motifs is 1. The van der Waals surface area contributed by atoms with E-state index in [4.69, 9.17) is 5.73 Å². The largest absolute Gasteiger partial charge is 0.399 e. The first-order valence-corrected chi connectivity index (χ1v) is 6.50. The molecule has 4 heteroatoms. The summed E-state index contributed by atoms with van der Waals surface area (Å²) in [6.45, 7) is 0.767. The fourth-order valence-corrected chi connectivity index (χ4v) is 2.27. The standard InChI is InChI=1S/C16H16N4/c1-20(11-12-6-8-14(17)9-7-12)16-15-5-3-2-4-13(15)10-18-19-16/h2-10H,11,17H2,1H3. The lowest BCUT2D eigenvalue weighted by Crippen LogP contribution is -2.18. The molecule has 0 amide bonds. The van der Waals surface area contributed by atoms with Crippen molar-refractivity contribution in [2.45, 2.75) is 6.54 Å². The summed E-state index contributed by atoms with van der Waals surface area (Å²) in [5.74, 6) is 0.889. The molecule has 0 aliphatic rings. The van der Waals surface area contributed by atoms with Gasteiger partial charge in [0.05, 0.1) is 6.20 Å². The summed E-state index contributed by atoms with van der Waals surface area (Å²) in [6, 6.07) is 16.0. The summed E-state index contributed by atoms with van der Waals surface area (Å²) in [5, 5.41) is 10.6. The third kappa shape index (κ3) is 2.40. The van der Waals surface area contributed by atoms with Gasteiger partial charge in [0.1, 0.15) is 0 Å². The maximum absolute atomic E-state index is 5.71. The molecular formula is C16H16N4. The molecule has 2 N–H and O–H groups in total. The fourth-order valence-electron chi connectivity index (χ4n) is 2.27. The normalized spacial score (nSPS) is 10.7. The molecule has 0 aliphatic carbocycles. The predicted molar refractivity (Wildman–Crippen MR) is 82.5 cm³/mol. The minimum absolute atomic E-state index is 0.767. The van der Waals surface area contributed by atoms with Crippen LogP contribution in [0.15, 0.2) is 54.7 Å². The second kappa shape index (κ2) is 5.17. The highest BCUT2D eigenvalue weighted by Crippen LogP contribution is 2.23. The van der Waals surface area contributed by atoms with E-state index in [1.54, 1.807) is 6.20 Å². The zero-order valence-corrected chi connectivity index (χ0v) is 11.3. The quantitative estimate of drug-likeness (QED) is 0.739. The van der Waals surface area contributed by atoms with Crippen LogP contribution in [-0.4, -0.2) is 17.2 Å². The Morgan fingerprint density at radius 2 is 1.80 bits per heavy atom. The number of hydrogen-bond donors (Lipinski definition) is 1. The zero-order chi connectivity index (χ0) is 13.9.